The fourth-order valence-electron chi connectivity index (χ4n) is 1.82. The highest BCUT2D eigenvalue weighted by atomic mass is 16.2. The van der Waals surface area contributed by atoms with Crippen LogP contribution in [0.15, 0.2) is 36.9 Å². The van der Waals surface area contributed by atoms with Crippen LogP contribution in [-0.4, -0.2) is 24.5 Å². The van der Waals surface area contributed by atoms with Crippen molar-refractivity contribution in [1.82, 2.24) is 16.0 Å². The zero-order valence-electron chi connectivity index (χ0n) is 12.7. The number of imide groups is 1. The number of benzene rings is 1. The van der Waals surface area contributed by atoms with Gasteiger partial charge in [0.25, 0.3) is 0 Å². The molecule has 6 nitrogen and oxygen atoms in total. The van der Waals surface area contributed by atoms with E-state index >= 15 is 0 Å². The first-order valence-electron chi connectivity index (χ1n) is 6.93. The lowest BCUT2D eigenvalue weighted by atomic mass is 10.1. The number of urea groups is 1. The van der Waals surface area contributed by atoms with Crippen LogP contribution in [0.2, 0.25) is 0 Å². The molecule has 0 aliphatic heterocycles. The van der Waals surface area contributed by atoms with Crippen molar-refractivity contribution >= 4 is 11.9 Å². The van der Waals surface area contributed by atoms with Crippen LogP contribution in [0.4, 0.5) is 4.79 Å². The molecule has 3 amide bonds. The molecule has 0 aliphatic rings. The van der Waals surface area contributed by atoms with E-state index in [1.165, 1.54) is 6.08 Å². The van der Waals surface area contributed by atoms with E-state index in [4.69, 9.17) is 5.26 Å². The average Bonchev–Trinajstić information content (AvgIpc) is 2.52. The van der Waals surface area contributed by atoms with Crippen LogP contribution in [0.25, 0.3) is 0 Å². The van der Waals surface area contributed by atoms with Crippen LogP contribution < -0.4 is 16.0 Å². The SMILES string of the molecule is C=CCNC(=O)NC(=O)[C@H](C)N[C@H](C)c1ccc(C#N)cc1. The lowest BCUT2D eigenvalue weighted by Crippen LogP contribution is -2.48. The van der Waals surface area contributed by atoms with Gasteiger partial charge in [0, 0.05) is 12.6 Å². The maximum Gasteiger partial charge on any atom is 0.321 e. The molecule has 1 rings (SSSR count). The van der Waals surface area contributed by atoms with Crippen molar-refractivity contribution in [3.05, 3.63) is 48.0 Å². The molecule has 22 heavy (non-hydrogen) atoms. The van der Waals surface area contributed by atoms with Crippen molar-refractivity contribution < 1.29 is 9.59 Å². The number of nitriles is 1. The Balaban J connectivity index is 2.53. The van der Waals surface area contributed by atoms with Crippen molar-refractivity contribution in [3.63, 3.8) is 0 Å². The summed E-state index contributed by atoms with van der Waals surface area (Å²) in [7, 11) is 0. The number of rotatable bonds is 6. The monoisotopic (exact) mass is 300 g/mol. The van der Waals surface area contributed by atoms with Gasteiger partial charge in [-0.15, -0.1) is 6.58 Å². The number of hydrogen-bond acceptors (Lipinski definition) is 4. The van der Waals surface area contributed by atoms with Gasteiger partial charge >= 0.3 is 6.03 Å². The second kappa shape index (κ2) is 8.60. The molecule has 0 fully saturated rings. The number of carbonyl (C=O) groups excluding carboxylic acids is 2. The molecule has 0 bridgehead atoms. The van der Waals surface area contributed by atoms with Gasteiger partial charge in [-0.05, 0) is 31.5 Å². The number of nitrogens with zero attached hydrogens (tertiary/aromatic N) is 1. The van der Waals surface area contributed by atoms with Gasteiger partial charge in [0.05, 0.1) is 17.7 Å². The van der Waals surface area contributed by atoms with Crippen LogP contribution in [0, 0.1) is 11.3 Å². The molecule has 0 unspecified atom stereocenters. The maximum absolute atomic E-state index is 11.9. The third-order valence-electron chi connectivity index (χ3n) is 3.08. The van der Waals surface area contributed by atoms with Crippen LogP contribution >= 0.6 is 0 Å². The van der Waals surface area contributed by atoms with Crippen LogP contribution in [0.5, 0.6) is 0 Å². The summed E-state index contributed by atoms with van der Waals surface area (Å²) in [5.41, 5.74) is 1.54. The van der Waals surface area contributed by atoms with E-state index in [2.05, 4.69) is 28.6 Å². The van der Waals surface area contributed by atoms with Crippen LogP contribution in [-0.2, 0) is 4.79 Å². The first kappa shape index (κ1) is 17.4. The van der Waals surface area contributed by atoms with E-state index in [0.29, 0.717) is 12.1 Å². The predicted molar refractivity (Wildman–Crippen MR) is 83.9 cm³/mol. The Kier molecular flexibility index (Phi) is 6.80. The Labute approximate surface area is 130 Å². The smallest absolute Gasteiger partial charge is 0.321 e. The Hall–Kier alpha value is -2.65. The van der Waals surface area contributed by atoms with Crippen molar-refractivity contribution in [1.29, 1.82) is 5.26 Å². The highest BCUT2D eigenvalue weighted by molar-refractivity contribution is 5.96. The molecule has 3 N–H and O–H groups in total. The van der Waals surface area contributed by atoms with Crippen molar-refractivity contribution in [2.45, 2.75) is 25.9 Å². The molecule has 6 heteroatoms. The Morgan fingerprint density at radius 1 is 1.32 bits per heavy atom. The summed E-state index contributed by atoms with van der Waals surface area (Å²) >= 11 is 0. The van der Waals surface area contributed by atoms with Crippen LogP contribution in [0.1, 0.15) is 31.0 Å². The Morgan fingerprint density at radius 2 is 1.95 bits per heavy atom. The van der Waals surface area contributed by atoms with Crippen LogP contribution in [0.3, 0.4) is 0 Å². The van der Waals surface area contributed by atoms with Crippen molar-refractivity contribution in [2.75, 3.05) is 6.54 Å². The zero-order chi connectivity index (χ0) is 16.5. The number of hydrogen-bond donors (Lipinski definition) is 3. The summed E-state index contributed by atoms with van der Waals surface area (Å²) < 4.78 is 0. The predicted octanol–water partition coefficient (Wildman–Crippen LogP) is 1.61. The minimum Gasteiger partial charge on any atom is -0.334 e. The molecule has 0 aliphatic carbocycles. The highest BCUT2D eigenvalue weighted by Gasteiger charge is 2.18. The molecule has 116 valence electrons. The first-order valence-corrected chi connectivity index (χ1v) is 6.93. The lowest BCUT2D eigenvalue weighted by Gasteiger charge is -2.19. The molecule has 0 radical (unpaired) electrons. The van der Waals surface area contributed by atoms with Gasteiger partial charge in [0.1, 0.15) is 0 Å². The highest BCUT2D eigenvalue weighted by Crippen LogP contribution is 2.13. The maximum atomic E-state index is 11.9. The fourth-order valence-corrected chi connectivity index (χ4v) is 1.82. The molecule has 0 spiro atoms. The normalized spacial score (nSPS) is 12.6. The standard InChI is InChI=1S/C16H20N4O2/c1-4-9-18-16(22)20-15(21)12(3)19-11(2)14-7-5-13(10-17)6-8-14/h4-8,11-12,19H,1,9H2,2-3H3,(H2,18,20,21,22)/t11-,12+/m1/s1. The Morgan fingerprint density at radius 3 is 2.50 bits per heavy atom. The average molecular weight is 300 g/mol. The summed E-state index contributed by atoms with van der Waals surface area (Å²) in [6.07, 6.45) is 1.53. The Bertz CT molecular complexity index is 575. The summed E-state index contributed by atoms with van der Waals surface area (Å²) in [5.74, 6) is -0.415. The molecule has 1 aromatic carbocycles. The molecular formula is C16H20N4O2. The zero-order valence-corrected chi connectivity index (χ0v) is 12.7. The van der Waals surface area contributed by atoms with E-state index in [9.17, 15) is 9.59 Å². The largest absolute Gasteiger partial charge is 0.334 e. The van der Waals surface area contributed by atoms with Gasteiger partial charge in [0.15, 0.2) is 0 Å². The third kappa shape index (κ3) is 5.38. The van der Waals surface area contributed by atoms with Crippen molar-refractivity contribution in [2.24, 2.45) is 0 Å². The van der Waals surface area contributed by atoms with Gasteiger partial charge in [-0.2, -0.15) is 5.26 Å². The van der Waals surface area contributed by atoms with E-state index in [1.54, 1.807) is 19.1 Å². The summed E-state index contributed by atoms with van der Waals surface area (Å²) in [4.78, 5) is 23.3. The summed E-state index contributed by atoms with van der Waals surface area (Å²) in [5, 5.41) is 16.6. The third-order valence-corrected chi connectivity index (χ3v) is 3.08. The first-order chi connectivity index (χ1) is 10.5. The van der Waals surface area contributed by atoms with Gasteiger partial charge in [-0.1, -0.05) is 18.2 Å². The lowest BCUT2D eigenvalue weighted by molar-refractivity contribution is -0.121. The molecule has 1 aromatic rings. The minimum absolute atomic E-state index is 0.0928. The van der Waals surface area contributed by atoms with Gasteiger partial charge in [-0.3, -0.25) is 15.4 Å². The quantitative estimate of drug-likeness (QED) is 0.696. The molecule has 2 atom stereocenters. The second-order valence-corrected chi connectivity index (χ2v) is 4.83. The topological polar surface area (TPSA) is 94.0 Å². The second-order valence-electron chi connectivity index (χ2n) is 4.83. The fraction of sp³-hybridized carbons (Fsp3) is 0.312. The van der Waals surface area contributed by atoms with Gasteiger partial charge in [-0.25, -0.2) is 4.79 Å². The minimum atomic E-state index is -0.551. The summed E-state index contributed by atoms with van der Waals surface area (Å²) in [6.45, 7) is 7.35. The van der Waals surface area contributed by atoms with E-state index < -0.39 is 18.0 Å². The molecule has 0 saturated heterocycles. The van der Waals surface area contributed by atoms with E-state index in [0.717, 1.165) is 5.56 Å². The van der Waals surface area contributed by atoms with Crippen molar-refractivity contribution in [3.8, 4) is 6.07 Å². The number of amides is 3. The van der Waals surface area contributed by atoms with E-state index in [-0.39, 0.29) is 6.04 Å². The van der Waals surface area contributed by atoms with Gasteiger partial charge in [0.2, 0.25) is 5.91 Å². The molecule has 0 aromatic heterocycles. The molecule has 0 saturated carbocycles. The number of carbonyl (C=O) groups is 2. The summed E-state index contributed by atoms with van der Waals surface area (Å²) in [6, 6.07) is 7.98. The van der Waals surface area contributed by atoms with Gasteiger partial charge < -0.3 is 5.32 Å². The molecule has 0 heterocycles. The number of nitrogens with one attached hydrogen (secondary N) is 3. The van der Waals surface area contributed by atoms with E-state index in [1.807, 2.05) is 19.1 Å². The molecular weight excluding hydrogens is 280 g/mol.